The van der Waals surface area contributed by atoms with Crippen molar-refractivity contribution in [3.8, 4) is 12.3 Å². The van der Waals surface area contributed by atoms with Crippen LogP contribution in [0.4, 0.5) is 0 Å². The maximum Gasteiger partial charge on any atom is 0.0601 e. The maximum absolute atomic E-state index is 5.54. The summed E-state index contributed by atoms with van der Waals surface area (Å²) in [5.41, 5.74) is 4.35. The molecule has 2 heteroatoms. The molecule has 1 aromatic heterocycles. The lowest BCUT2D eigenvalue weighted by atomic mass is 9.77. The van der Waals surface area contributed by atoms with E-state index in [-0.39, 0.29) is 0 Å². The van der Waals surface area contributed by atoms with Crippen molar-refractivity contribution in [2.45, 2.75) is 37.6 Å². The van der Waals surface area contributed by atoms with Gasteiger partial charge in [0.2, 0.25) is 0 Å². The van der Waals surface area contributed by atoms with Crippen molar-refractivity contribution in [3.63, 3.8) is 0 Å². The Morgan fingerprint density at radius 1 is 1.30 bits per heavy atom. The molecule has 0 saturated carbocycles. The number of nitrogens with zero attached hydrogens (tertiary/aromatic N) is 1. The second-order valence-corrected chi connectivity index (χ2v) is 6.09. The monoisotopic (exact) mass is 264 g/mol. The van der Waals surface area contributed by atoms with Gasteiger partial charge in [-0.05, 0) is 43.9 Å². The summed E-state index contributed by atoms with van der Waals surface area (Å²) >= 11 is 0. The van der Waals surface area contributed by atoms with Crippen LogP contribution in [0.2, 0.25) is 0 Å². The Kier molecular flexibility index (Phi) is 2.82. The molecule has 0 bridgehead atoms. The van der Waals surface area contributed by atoms with Crippen LogP contribution < -0.4 is 0 Å². The molecule has 1 aromatic carbocycles. The summed E-state index contributed by atoms with van der Waals surface area (Å²) in [6, 6.07) is 9.36. The summed E-state index contributed by atoms with van der Waals surface area (Å²) in [6.45, 7) is 1.97. The number of piperidine rings is 1. The fourth-order valence-electron chi connectivity index (χ4n) is 4.26. The molecule has 1 saturated heterocycles. The minimum atomic E-state index is 0.639. The van der Waals surface area contributed by atoms with Gasteiger partial charge in [0.1, 0.15) is 0 Å². The van der Waals surface area contributed by atoms with Crippen molar-refractivity contribution < 1.29 is 0 Å². The fraction of sp³-hybridized carbons (Fsp3) is 0.444. The predicted molar refractivity (Wildman–Crippen MR) is 82.8 cm³/mol. The van der Waals surface area contributed by atoms with Crippen molar-refractivity contribution in [1.29, 1.82) is 0 Å². The fourth-order valence-corrected chi connectivity index (χ4v) is 4.26. The number of para-hydroxylation sites is 1. The molecule has 0 spiro atoms. The maximum atomic E-state index is 5.54. The van der Waals surface area contributed by atoms with Crippen LogP contribution in [0.3, 0.4) is 0 Å². The second-order valence-electron chi connectivity index (χ2n) is 6.09. The van der Waals surface area contributed by atoms with E-state index in [0.29, 0.717) is 12.0 Å². The molecular weight excluding hydrogens is 244 g/mol. The van der Waals surface area contributed by atoms with Crippen LogP contribution in [0.25, 0.3) is 10.9 Å². The summed E-state index contributed by atoms with van der Waals surface area (Å²) < 4.78 is 0. The summed E-state index contributed by atoms with van der Waals surface area (Å²) in [5.74, 6) is 3.48. The summed E-state index contributed by atoms with van der Waals surface area (Å²) in [4.78, 5) is 6.22. The van der Waals surface area contributed by atoms with E-state index in [1.165, 1.54) is 48.8 Å². The van der Waals surface area contributed by atoms with Crippen LogP contribution >= 0.6 is 0 Å². The van der Waals surface area contributed by atoms with Gasteiger partial charge >= 0.3 is 0 Å². The predicted octanol–water partition coefficient (Wildman–Crippen LogP) is 3.30. The number of hydrogen-bond acceptors (Lipinski definition) is 1. The zero-order valence-electron chi connectivity index (χ0n) is 11.7. The Balaban J connectivity index is 1.78. The number of aryl methyl sites for hydroxylation is 1. The number of terminal acetylenes is 1. The minimum Gasteiger partial charge on any atom is -0.358 e. The Labute approximate surface area is 120 Å². The van der Waals surface area contributed by atoms with E-state index in [9.17, 15) is 0 Å². The highest BCUT2D eigenvalue weighted by Gasteiger charge is 2.37. The average molecular weight is 264 g/mol. The lowest BCUT2D eigenvalue weighted by Gasteiger charge is -2.43. The van der Waals surface area contributed by atoms with Crippen molar-refractivity contribution in [2.24, 2.45) is 0 Å². The number of aromatic amines is 1. The van der Waals surface area contributed by atoms with Crippen LogP contribution in [0.15, 0.2) is 24.3 Å². The van der Waals surface area contributed by atoms with Gasteiger partial charge in [0.15, 0.2) is 0 Å². The zero-order chi connectivity index (χ0) is 13.5. The van der Waals surface area contributed by atoms with Crippen molar-refractivity contribution in [2.75, 3.05) is 13.1 Å². The molecule has 1 aliphatic heterocycles. The van der Waals surface area contributed by atoms with Crippen LogP contribution in [0, 0.1) is 12.3 Å². The van der Waals surface area contributed by atoms with E-state index in [4.69, 9.17) is 6.42 Å². The highest BCUT2D eigenvalue weighted by Crippen LogP contribution is 2.42. The largest absolute Gasteiger partial charge is 0.358 e. The van der Waals surface area contributed by atoms with Gasteiger partial charge in [-0.3, -0.25) is 4.90 Å². The summed E-state index contributed by atoms with van der Waals surface area (Å²) in [5, 5.41) is 1.43. The number of fused-ring (bicyclic) bond motifs is 5. The van der Waals surface area contributed by atoms with Crippen LogP contribution in [-0.2, 0) is 6.42 Å². The molecule has 2 aliphatic rings. The third-order valence-corrected chi connectivity index (χ3v) is 5.10. The van der Waals surface area contributed by atoms with Crippen LogP contribution in [0.1, 0.15) is 36.4 Å². The Hall–Kier alpha value is -1.72. The smallest absolute Gasteiger partial charge is 0.0601 e. The van der Waals surface area contributed by atoms with Crippen LogP contribution in [-0.4, -0.2) is 29.0 Å². The highest BCUT2D eigenvalue weighted by molar-refractivity contribution is 5.85. The molecule has 0 amide bonds. The van der Waals surface area contributed by atoms with E-state index < -0.39 is 0 Å². The molecule has 2 heterocycles. The first-order valence-corrected chi connectivity index (χ1v) is 7.65. The molecule has 1 aliphatic carbocycles. The van der Waals surface area contributed by atoms with E-state index in [1.807, 2.05) is 0 Å². The topological polar surface area (TPSA) is 19.0 Å². The Morgan fingerprint density at radius 2 is 2.20 bits per heavy atom. The van der Waals surface area contributed by atoms with Crippen molar-refractivity contribution in [3.05, 3.63) is 35.5 Å². The molecule has 0 unspecified atom stereocenters. The van der Waals surface area contributed by atoms with Crippen LogP contribution in [0.5, 0.6) is 0 Å². The molecule has 2 atom stereocenters. The van der Waals surface area contributed by atoms with E-state index >= 15 is 0 Å². The number of H-pyrrole nitrogens is 1. The SMILES string of the molecule is C#CCN1CCC[C@H]2c3[nH]c4ccccc4c3CC[C@@H]21. The quantitative estimate of drug-likeness (QED) is 0.783. The van der Waals surface area contributed by atoms with Gasteiger partial charge < -0.3 is 4.98 Å². The highest BCUT2D eigenvalue weighted by atomic mass is 15.2. The number of nitrogens with one attached hydrogen (secondary N) is 1. The lowest BCUT2D eigenvalue weighted by molar-refractivity contribution is 0.127. The third-order valence-electron chi connectivity index (χ3n) is 5.10. The molecule has 102 valence electrons. The van der Waals surface area contributed by atoms with Gasteiger partial charge in [-0.2, -0.15) is 0 Å². The first kappa shape index (κ1) is 12.1. The molecule has 4 rings (SSSR count). The number of likely N-dealkylation sites (tertiary alicyclic amines) is 1. The molecule has 1 fully saturated rings. The van der Waals surface area contributed by atoms with E-state index in [0.717, 1.165) is 6.54 Å². The average Bonchev–Trinajstić information content (AvgIpc) is 2.87. The van der Waals surface area contributed by atoms with Crippen molar-refractivity contribution >= 4 is 10.9 Å². The Morgan fingerprint density at radius 3 is 3.10 bits per heavy atom. The summed E-state index contributed by atoms with van der Waals surface area (Å²) in [7, 11) is 0. The molecule has 1 N–H and O–H groups in total. The van der Waals surface area contributed by atoms with Gasteiger partial charge in [-0.15, -0.1) is 6.42 Å². The zero-order valence-corrected chi connectivity index (χ0v) is 11.7. The number of hydrogen-bond donors (Lipinski definition) is 1. The second kappa shape index (κ2) is 4.68. The van der Waals surface area contributed by atoms with Gasteiger partial charge in [0.25, 0.3) is 0 Å². The van der Waals surface area contributed by atoms with E-state index in [1.54, 1.807) is 5.56 Å². The van der Waals surface area contributed by atoms with Gasteiger partial charge in [-0.1, -0.05) is 24.1 Å². The minimum absolute atomic E-state index is 0.639. The number of aromatic nitrogens is 1. The van der Waals surface area contributed by atoms with Crippen molar-refractivity contribution in [1.82, 2.24) is 9.88 Å². The molecule has 0 radical (unpaired) electrons. The van der Waals surface area contributed by atoms with Gasteiger partial charge in [0, 0.05) is 28.6 Å². The van der Waals surface area contributed by atoms with Gasteiger partial charge in [-0.25, -0.2) is 0 Å². The van der Waals surface area contributed by atoms with Gasteiger partial charge in [0.05, 0.1) is 6.54 Å². The lowest BCUT2D eigenvalue weighted by Crippen LogP contribution is -2.46. The normalized spacial score (nSPS) is 25.9. The molecule has 2 aromatic rings. The number of benzene rings is 1. The standard InChI is InChI=1S/C18H20N2/c1-2-11-20-12-5-7-15-17(20)10-9-14-13-6-3-4-8-16(13)19-18(14)15/h1,3-4,6,8,15,17,19H,5,7,9-12H2/t15-,17+/m1/s1. The first-order valence-electron chi connectivity index (χ1n) is 7.65. The molecular formula is C18H20N2. The number of rotatable bonds is 1. The first-order chi connectivity index (χ1) is 9.88. The van der Waals surface area contributed by atoms with E-state index in [2.05, 4.69) is 40.1 Å². The molecule has 20 heavy (non-hydrogen) atoms. The Bertz CT molecular complexity index is 676. The summed E-state index contributed by atoms with van der Waals surface area (Å²) in [6.07, 6.45) is 10.5. The third kappa shape index (κ3) is 1.70. The molecule has 2 nitrogen and oxygen atoms in total.